The summed E-state index contributed by atoms with van der Waals surface area (Å²) in [6.07, 6.45) is 1.60. The number of methoxy groups -OCH3 is 1. The summed E-state index contributed by atoms with van der Waals surface area (Å²) in [7, 11) is 1.50. The highest BCUT2D eigenvalue weighted by atomic mass is 16.5. The Hall–Kier alpha value is -1.62. The third-order valence-electron chi connectivity index (χ3n) is 2.45. The SMILES string of the molecule is COc1ncccc1C(=O)N(CCN)C(C)C. The van der Waals surface area contributed by atoms with Crippen LogP contribution in [0.2, 0.25) is 0 Å². The molecule has 0 aliphatic heterocycles. The summed E-state index contributed by atoms with van der Waals surface area (Å²) in [6.45, 7) is 4.87. The van der Waals surface area contributed by atoms with Gasteiger partial charge in [-0.25, -0.2) is 4.98 Å². The lowest BCUT2D eigenvalue weighted by Crippen LogP contribution is -2.40. The van der Waals surface area contributed by atoms with Crippen molar-refractivity contribution in [3.05, 3.63) is 23.9 Å². The van der Waals surface area contributed by atoms with Gasteiger partial charge < -0.3 is 15.4 Å². The Morgan fingerprint density at radius 1 is 1.59 bits per heavy atom. The van der Waals surface area contributed by atoms with Crippen molar-refractivity contribution in [1.29, 1.82) is 0 Å². The maximum atomic E-state index is 12.3. The molecule has 1 heterocycles. The molecule has 1 amide bonds. The normalized spacial score (nSPS) is 10.4. The first-order valence-electron chi connectivity index (χ1n) is 5.61. The number of carbonyl (C=O) groups excluding carboxylic acids is 1. The number of ether oxygens (including phenoxy) is 1. The second kappa shape index (κ2) is 6.20. The van der Waals surface area contributed by atoms with Crippen LogP contribution in [0, 0.1) is 0 Å². The van der Waals surface area contributed by atoms with Crippen LogP contribution in [0.5, 0.6) is 5.88 Å². The quantitative estimate of drug-likeness (QED) is 0.826. The van der Waals surface area contributed by atoms with Gasteiger partial charge in [0.25, 0.3) is 5.91 Å². The highest BCUT2D eigenvalue weighted by Crippen LogP contribution is 2.17. The van der Waals surface area contributed by atoms with Crippen LogP contribution in [0.3, 0.4) is 0 Å². The second-order valence-corrected chi connectivity index (χ2v) is 3.94. The van der Waals surface area contributed by atoms with Crippen molar-refractivity contribution >= 4 is 5.91 Å². The molecule has 0 saturated heterocycles. The highest BCUT2D eigenvalue weighted by Gasteiger charge is 2.21. The van der Waals surface area contributed by atoms with Crippen molar-refractivity contribution in [2.75, 3.05) is 20.2 Å². The average molecular weight is 237 g/mol. The van der Waals surface area contributed by atoms with E-state index in [1.807, 2.05) is 13.8 Å². The molecule has 2 N–H and O–H groups in total. The third kappa shape index (κ3) is 3.17. The predicted octanol–water partition coefficient (Wildman–Crippen LogP) is 0.900. The topological polar surface area (TPSA) is 68.5 Å². The highest BCUT2D eigenvalue weighted by molar-refractivity contribution is 5.96. The van der Waals surface area contributed by atoms with Gasteiger partial charge in [-0.05, 0) is 26.0 Å². The summed E-state index contributed by atoms with van der Waals surface area (Å²) in [5, 5.41) is 0. The lowest BCUT2D eigenvalue weighted by atomic mass is 10.2. The van der Waals surface area contributed by atoms with Crippen molar-refractivity contribution in [1.82, 2.24) is 9.88 Å². The zero-order valence-corrected chi connectivity index (χ0v) is 10.5. The van der Waals surface area contributed by atoms with Crippen molar-refractivity contribution in [2.45, 2.75) is 19.9 Å². The van der Waals surface area contributed by atoms with E-state index in [-0.39, 0.29) is 11.9 Å². The van der Waals surface area contributed by atoms with Crippen LogP contribution in [0.15, 0.2) is 18.3 Å². The fourth-order valence-electron chi connectivity index (χ4n) is 1.60. The fourth-order valence-corrected chi connectivity index (χ4v) is 1.60. The molecule has 1 rings (SSSR count). The van der Waals surface area contributed by atoms with Gasteiger partial charge in [0, 0.05) is 25.3 Å². The largest absolute Gasteiger partial charge is 0.480 e. The molecule has 94 valence electrons. The average Bonchev–Trinajstić information content (AvgIpc) is 2.34. The molecule has 1 aromatic rings. The van der Waals surface area contributed by atoms with Crippen LogP contribution < -0.4 is 10.5 Å². The number of pyridine rings is 1. The molecule has 0 unspecified atom stereocenters. The van der Waals surface area contributed by atoms with E-state index in [0.29, 0.717) is 24.5 Å². The van der Waals surface area contributed by atoms with E-state index >= 15 is 0 Å². The molecular weight excluding hydrogens is 218 g/mol. The molecule has 0 aliphatic rings. The molecule has 0 bridgehead atoms. The van der Waals surface area contributed by atoms with E-state index in [1.165, 1.54) is 7.11 Å². The number of nitrogens with two attached hydrogens (primary N) is 1. The summed E-state index contributed by atoms with van der Waals surface area (Å²) in [5.74, 6) is 0.246. The minimum atomic E-state index is -0.101. The van der Waals surface area contributed by atoms with Gasteiger partial charge >= 0.3 is 0 Å². The lowest BCUT2D eigenvalue weighted by molar-refractivity contribution is 0.0707. The van der Waals surface area contributed by atoms with Crippen molar-refractivity contribution < 1.29 is 9.53 Å². The first-order valence-corrected chi connectivity index (χ1v) is 5.61. The zero-order valence-electron chi connectivity index (χ0n) is 10.5. The van der Waals surface area contributed by atoms with E-state index < -0.39 is 0 Å². The van der Waals surface area contributed by atoms with Gasteiger partial charge in [-0.2, -0.15) is 0 Å². The fraction of sp³-hybridized carbons (Fsp3) is 0.500. The number of aromatic nitrogens is 1. The Morgan fingerprint density at radius 3 is 2.82 bits per heavy atom. The van der Waals surface area contributed by atoms with Crippen LogP contribution in [-0.2, 0) is 0 Å². The monoisotopic (exact) mass is 237 g/mol. The molecule has 17 heavy (non-hydrogen) atoms. The minimum absolute atomic E-state index is 0.0935. The Balaban J connectivity index is 3.00. The number of nitrogens with zero attached hydrogens (tertiary/aromatic N) is 2. The number of carbonyl (C=O) groups is 1. The van der Waals surface area contributed by atoms with E-state index in [1.54, 1.807) is 23.2 Å². The molecule has 0 atom stereocenters. The lowest BCUT2D eigenvalue weighted by Gasteiger charge is -2.26. The molecule has 5 nitrogen and oxygen atoms in total. The second-order valence-electron chi connectivity index (χ2n) is 3.94. The smallest absolute Gasteiger partial charge is 0.259 e. The molecular formula is C12H19N3O2. The maximum absolute atomic E-state index is 12.3. The van der Waals surface area contributed by atoms with Gasteiger partial charge in [0.1, 0.15) is 5.56 Å². The van der Waals surface area contributed by atoms with Crippen LogP contribution in [0.4, 0.5) is 0 Å². The summed E-state index contributed by atoms with van der Waals surface area (Å²) < 4.78 is 5.08. The number of hydrogen-bond acceptors (Lipinski definition) is 4. The number of amides is 1. The minimum Gasteiger partial charge on any atom is -0.480 e. The van der Waals surface area contributed by atoms with Gasteiger partial charge in [-0.15, -0.1) is 0 Å². The molecule has 1 aromatic heterocycles. The third-order valence-corrected chi connectivity index (χ3v) is 2.45. The summed E-state index contributed by atoms with van der Waals surface area (Å²) in [4.78, 5) is 18.0. The van der Waals surface area contributed by atoms with Crippen LogP contribution >= 0.6 is 0 Å². The van der Waals surface area contributed by atoms with Crippen LogP contribution in [0.1, 0.15) is 24.2 Å². The Morgan fingerprint density at radius 2 is 2.29 bits per heavy atom. The van der Waals surface area contributed by atoms with E-state index in [2.05, 4.69) is 4.98 Å². The van der Waals surface area contributed by atoms with Crippen molar-refractivity contribution in [3.63, 3.8) is 0 Å². The summed E-state index contributed by atoms with van der Waals surface area (Å²) in [6, 6.07) is 3.52. The molecule has 0 aliphatic carbocycles. The first-order chi connectivity index (χ1) is 8.11. The molecule has 0 saturated carbocycles. The van der Waals surface area contributed by atoms with Crippen LogP contribution in [0.25, 0.3) is 0 Å². The van der Waals surface area contributed by atoms with Gasteiger partial charge in [-0.3, -0.25) is 4.79 Å². The van der Waals surface area contributed by atoms with Gasteiger partial charge in [0.2, 0.25) is 5.88 Å². The molecule has 5 heteroatoms. The Bertz CT molecular complexity index is 380. The summed E-state index contributed by atoms with van der Waals surface area (Å²) >= 11 is 0. The van der Waals surface area contributed by atoms with E-state index in [9.17, 15) is 4.79 Å². The first kappa shape index (κ1) is 13.4. The maximum Gasteiger partial charge on any atom is 0.259 e. The summed E-state index contributed by atoms with van der Waals surface area (Å²) in [5.41, 5.74) is 5.98. The van der Waals surface area contributed by atoms with Crippen molar-refractivity contribution in [3.8, 4) is 5.88 Å². The molecule has 0 spiro atoms. The van der Waals surface area contributed by atoms with Crippen LogP contribution in [-0.4, -0.2) is 42.0 Å². The Kier molecular flexibility index (Phi) is 4.90. The van der Waals surface area contributed by atoms with Gasteiger partial charge in [-0.1, -0.05) is 0 Å². The van der Waals surface area contributed by atoms with E-state index in [4.69, 9.17) is 10.5 Å². The molecule has 0 radical (unpaired) electrons. The Labute approximate surface area is 102 Å². The molecule has 0 fully saturated rings. The van der Waals surface area contributed by atoms with Gasteiger partial charge in [0.05, 0.1) is 7.11 Å². The number of hydrogen-bond donors (Lipinski definition) is 1. The standard InChI is InChI=1S/C12H19N3O2/c1-9(2)15(8-6-13)12(16)10-5-4-7-14-11(10)17-3/h4-5,7,9H,6,8,13H2,1-3H3. The van der Waals surface area contributed by atoms with E-state index in [0.717, 1.165) is 0 Å². The predicted molar refractivity (Wildman–Crippen MR) is 66.0 cm³/mol. The zero-order chi connectivity index (χ0) is 12.8. The molecule has 0 aromatic carbocycles. The number of rotatable bonds is 5. The van der Waals surface area contributed by atoms with Gasteiger partial charge in [0.15, 0.2) is 0 Å². The van der Waals surface area contributed by atoms with Crippen molar-refractivity contribution in [2.24, 2.45) is 5.73 Å².